The normalized spacial score (nSPS) is 19.7. The van der Waals surface area contributed by atoms with Gasteiger partial charge in [0.2, 0.25) is 0 Å². The molecule has 114 valence electrons. The van der Waals surface area contributed by atoms with Crippen molar-refractivity contribution in [1.82, 2.24) is 10.2 Å². The highest BCUT2D eigenvalue weighted by molar-refractivity contribution is 7.78. The molecule has 0 spiro atoms. The van der Waals surface area contributed by atoms with Gasteiger partial charge in [-0.2, -0.15) is 0 Å². The van der Waals surface area contributed by atoms with E-state index >= 15 is 0 Å². The molecule has 0 bridgehead atoms. The summed E-state index contributed by atoms with van der Waals surface area (Å²) < 4.78 is 14.0. The van der Waals surface area contributed by atoms with Crippen molar-refractivity contribution in [2.75, 3.05) is 4.90 Å². The summed E-state index contributed by atoms with van der Waals surface area (Å²) in [7, 11) is 0. The number of benzene rings is 1. The number of halogens is 5. The minimum absolute atomic E-state index is 0.150. The molecule has 10 heteroatoms. The Labute approximate surface area is 145 Å². The lowest BCUT2D eigenvalue weighted by molar-refractivity contribution is -0.110. The van der Waals surface area contributed by atoms with Crippen LogP contribution in [0.1, 0.15) is 6.42 Å². The number of carbonyl (C=O) groups excluding carboxylic acids is 1. The van der Waals surface area contributed by atoms with Crippen molar-refractivity contribution >= 4 is 75.7 Å². The molecule has 2 amide bonds. The first-order chi connectivity index (χ1) is 9.86. The van der Waals surface area contributed by atoms with Crippen LogP contribution < -0.4 is 4.90 Å². The molecule has 1 atom stereocenters. The van der Waals surface area contributed by atoms with E-state index in [1.165, 1.54) is 23.6 Å². The van der Waals surface area contributed by atoms with Gasteiger partial charge in [0.1, 0.15) is 6.17 Å². The van der Waals surface area contributed by atoms with E-state index in [0.717, 1.165) is 9.91 Å². The van der Waals surface area contributed by atoms with Crippen molar-refractivity contribution in [2.24, 2.45) is 0 Å². The van der Waals surface area contributed by atoms with E-state index in [9.17, 15) is 9.28 Å². The van der Waals surface area contributed by atoms with Crippen LogP contribution in [0.2, 0.25) is 10.0 Å². The SMILES string of the molecule is O=C1N(c2cc(Cl)cc(Cl)c2)C(CC=S)N(C(Cl)Cl)N1F. The Morgan fingerprint density at radius 2 is 1.86 bits per heavy atom. The van der Waals surface area contributed by atoms with Gasteiger partial charge in [-0.05, 0) is 23.6 Å². The molecule has 1 aromatic rings. The fraction of sp³-hybridized carbons (Fsp3) is 0.273. The molecule has 1 fully saturated rings. The van der Waals surface area contributed by atoms with Crippen LogP contribution in [0.3, 0.4) is 0 Å². The summed E-state index contributed by atoms with van der Waals surface area (Å²) in [5.41, 5.74) is 0.318. The van der Waals surface area contributed by atoms with E-state index in [4.69, 9.17) is 58.6 Å². The summed E-state index contributed by atoms with van der Waals surface area (Å²) in [4.78, 5) is 12.0. The zero-order valence-electron chi connectivity index (χ0n) is 10.2. The Morgan fingerprint density at radius 1 is 1.29 bits per heavy atom. The first-order valence-electron chi connectivity index (χ1n) is 5.62. The Hall–Kier alpha value is -0.370. The molecule has 0 aliphatic carbocycles. The maximum atomic E-state index is 14.0. The van der Waals surface area contributed by atoms with Gasteiger partial charge in [0.05, 0.1) is 5.69 Å². The predicted molar refractivity (Wildman–Crippen MR) is 86.7 cm³/mol. The van der Waals surface area contributed by atoms with E-state index in [0.29, 0.717) is 15.7 Å². The van der Waals surface area contributed by atoms with Crippen molar-refractivity contribution < 1.29 is 9.28 Å². The Morgan fingerprint density at radius 3 is 2.33 bits per heavy atom. The van der Waals surface area contributed by atoms with Crippen LogP contribution in [0.5, 0.6) is 0 Å². The standard InChI is InChI=1S/C11H8Cl4FN3OS/c12-6-3-7(13)5-8(4-6)17-9(1-2-21)18(10(14)15)19(16)11(17)20/h2-5,9-10H,1H2. The maximum Gasteiger partial charge on any atom is 0.369 e. The molecule has 0 aromatic heterocycles. The molecule has 1 aliphatic heterocycles. The number of alkyl halides is 2. The summed E-state index contributed by atoms with van der Waals surface area (Å²) in [6.45, 7) is 0. The van der Waals surface area contributed by atoms with Gasteiger partial charge in [0.15, 0.2) is 4.96 Å². The average molecular weight is 391 g/mol. The molecule has 1 unspecified atom stereocenters. The van der Waals surface area contributed by atoms with Crippen molar-refractivity contribution in [3.63, 3.8) is 0 Å². The number of nitrogens with zero attached hydrogens (tertiary/aromatic N) is 3. The van der Waals surface area contributed by atoms with Crippen molar-refractivity contribution in [2.45, 2.75) is 17.5 Å². The van der Waals surface area contributed by atoms with Crippen LogP contribution in [0.15, 0.2) is 18.2 Å². The lowest BCUT2D eigenvalue weighted by Gasteiger charge is -2.27. The zero-order valence-corrected chi connectivity index (χ0v) is 14.1. The number of rotatable bonds is 4. The molecule has 1 saturated heterocycles. The molecular formula is C11H8Cl4FN3OS. The minimum atomic E-state index is -1.27. The first kappa shape index (κ1) is 17.0. The monoisotopic (exact) mass is 389 g/mol. The maximum absolute atomic E-state index is 14.0. The zero-order chi connectivity index (χ0) is 15.7. The van der Waals surface area contributed by atoms with Gasteiger partial charge < -0.3 is 0 Å². The Balaban J connectivity index is 2.48. The number of hydrogen-bond acceptors (Lipinski definition) is 3. The van der Waals surface area contributed by atoms with Crippen LogP contribution in [0.25, 0.3) is 0 Å². The third-order valence-corrected chi connectivity index (χ3v) is 3.83. The van der Waals surface area contributed by atoms with Crippen LogP contribution in [-0.2, 0) is 0 Å². The number of hydrazine groups is 1. The second-order valence-corrected chi connectivity index (χ2v) is 6.34. The van der Waals surface area contributed by atoms with E-state index in [1.807, 2.05) is 0 Å². The Bertz CT molecular complexity index is 556. The van der Waals surface area contributed by atoms with Crippen molar-refractivity contribution in [3.8, 4) is 0 Å². The average Bonchev–Trinajstić information content (AvgIpc) is 2.61. The van der Waals surface area contributed by atoms with Gasteiger partial charge in [-0.15, -0.1) is 5.01 Å². The highest BCUT2D eigenvalue weighted by atomic mass is 35.5. The number of anilines is 1. The summed E-state index contributed by atoms with van der Waals surface area (Å²) >= 11 is 28.1. The molecule has 1 aromatic carbocycles. The fourth-order valence-corrected chi connectivity index (χ4v) is 3.12. The predicted octanol–water partition coefficient (Wildman–Crippen LogP) is 4.81. The third-order valence-electron chi connectivity index (χ3n) is 2.80. The molecule has 21 heavy (non-hydrogen) atoms. The van der Waals surface area contributed by atoms with Gasteiger partial charge in [-0.1, -0.05) is 68.3 Å². The van der Waals surface area contributed by atoms with E-state index < -0.39 is 17.2 Å². The van der Waals surface area contributed by atoms with Gasteiger partial charge in [-0.25, -0.2) is 4.79 Å². The number of urea groups is 1. The summed E-state index contributed by atoms with van der Waals surface area (Å²) in [6, 6.07) is 3.51. The van der Waals surface area contributed by atoms with Gasteiger partial charge in [0.25, 0.3) is 0 Å². The quantitative estimate of drug-likeness (QED) is 0.319. The topological polar surface area (TPSA) is 26.8 Å². The Kier molecular flexibility index (Phi) is 5.51. The number of amides is 2. The fourth-order valence-electron chi connectivity index (χ4n) is 2.02. The highest BCUT2D eigenvalue weighted by Gasteiger charge is 2.48. The highest BCUT2D eigenvalue weighted by Crippen LogP contribution is 2.35. The lowest BCUT2D eigenvalue weighted by atomic mass is 10.2. The summed E-state index contributed by atoms with van der Waals surface area (Å²) in [6.07, 6.45) is -0.642. The molecular weight excluding hydrogens is 383 g/mol. The van der Waals surface area contributed by atoms with E-state index in [1.54, 1.807) is 0 Å². The summed E-state index contributed by atoms with van der Waals surface area (Å²) in [5, 5.41) is 2.69. The summed E-state index contributed by atoms with van der Waals surface area (Å²) in [5.74, 6) is 0. The van der Waals surface area contributed by atoms with Crippen LogP contribution in [0.4, 0.5) is 15.0 Å². The van der Waals surface area contributed by atoms with Gasteiger partial charge >= 0.3 is 6.03 Å². The minimum Gasteiger partial charge on any atom is -0.273 e. The second-order valence-electron chi connectivity index (χ2n) is 4.08. The van der Waals surface area contributed by atoms with E-state index in [2.05, 4.69) is 0 Å². The molecule has 1 aliphatic rings. The van der Waals surface area contributed by atoms with Gasteiger partial charge in [0, 0.05) is 16.5 Å². The van der Waals surface area contributed by atoms with Crippen LogP contribution in [-0.4, -0.2) is 32.8 Å². The lowest BCUT2D eigenvalue weighted by Crippen LogP contribution is -2.43. The molecule has 1 heterocycles. The van der Waals surface area contributed by atoms with E-state index in [-0.39, 0.29) is 11.7 Å². The van der Waals surface area contributed by atoms with Crippen molar-refractivity contribution in [1.29, 1.82) is 0 Å². The van der Waals surface area contributed by atoms with Gasteiger partial charge in [-0.3, -0.25) is 4.90 Å². The largest absolute Gasteiger partial charge is 0.369 e. The molecule has 0 radical (unpaired) electrons. The molecule has 4 nitrogen and oxygen atoms in total. The van der Waals surface area contributed by atoms with Crippen molar-refractivity contribution in [3.05, 3.63) is 28.2 Å². The number of hydrogen-bond donors (Lipinski definition) is 0. The number of thiocarbonyl (C=S) groups is 1. The molecule has 0 saturated carbocycles. The van der Waals surface area contributed by atoms with Crippen LogP contribution in [0, 0.1) is 0 Å². The molecule has 2 rings (SSSR count). The third kappa shape index (κ3) is 3.36. The smallest absolute Gasteiger partial charge is 0.273 e. The molecule has 0 N–H and O–H groups in total. The first-order valence-corrected chi connectivity index (χ1v) is 7.72. The second kappa shape index (κ2) is 6.81. The number of carbonyl (C=O) groups is 1. The van der Waals surface area contributed by atoms with Crippen LogP contribution >= 0.6 is 58.6 Å².